The molecule has 1 heterocycles. The number of benzene rings is 1. The molecule has 1 saturated heterocycles. The van der Waals surface area contributed by atoms with Gasteiger partial charge in [-0.25, -0.2) is 0 Å². The third kappa shape index (κ3) is 2.85. The average Bonchev–Trinajstić information content (AvgIpc) is 2.93. The molecule has 1 aliphatic carbocycles. The average molecular weight is 272 g/mol. The lowest BCUT2D eigenvalue weighted by Crippen LogP contribution is -2.43. The van der Waals surface area contributed by atoms with Crippen molar-refractivity contribution in [2.45, 2.75) is 64.6 Å². The van der Waals surface area contributed by atoms with Crippen LogP contribution in [0.1, 0.15) is 51.5 Å². The zero-order valence-electron chi connectivity index (χ0n) is 12.9. The van der Waals surface area contributed by atoms with E-state index >= 15 is 0 Å². The predicted octanol–water partition coefficient (Wildman–Crippen LogP) is 3.95. The van der Waals surface area contributed by atoms with Gasteiger partial charge in [0.05, 0.1) is 0 Å². The zero-order valence-corrected chi connectivity index (χ0v) is 12.9. The SMILES string of the molecule is CC(C)NCc1ccccc1N1CCCC2CCCC21. The molecule has 0 bridgehead atoms. The lowest BCUT2D eigenvalue weighted by Gasteiger charge is -2.40. The smallest absolute Gasteiger partial charge is 0.0414 e. The van der Waals surface area contributed by atoms with Crippen LogP contribution in [0.25, 0.3) is 0 Å². The van der Waals surface area contributed by atoms with Gasteiger partial charge in [-0.1, -0.05) is 38.5 Å². The van der Waals surface area contributed by atoms with Crippen LogP contribution in [0.2, 0.25) is 0 Å². The normalized spacial score (nSPS) is 26.1. The van der Waals surface area contributed by atoms with Gasteiger partial charge in [0.2, 0.25) is 0 Å². The minimum Gasteiger partial charge on any atom is -0.368 e. The van der Waals surface area contributed by atoms with Crippen molar-refractivity contribution in [3.05, 3.63) is 29.8 Å². The highest BCUT2D eigenvalue weighted by atomic mass is 15.2. The predicted molar refractivity (Wildman–Crippen MR) is 86.1 cm³/mol. The molecule has 1 N–H and O–H groups in total. The lowest BCUT2D eigenvalue weighted by atomic mass is 9.91. The van der Waals surface area contributed by atoms with Gasteiger partial charge in [-0.2, -0.15) is 0 Å². The van der Waals surface area contributed by atoms with Crippen molar-refractivity contribution in [2.24, 2.45) is 5.92 Å². The second-order valence-electron chi connectivity index (χ2n) is 6.76. The summed E-state index contributed by atoms with van der Waals surface area (Å²) in [7, 11) is 0. The Balaban J connectivity index is 1.81. The van der Waals surface area contributed by atoms with Crippen molar-refractivity contribution in [2.75, 3.05) is 11.4 Å². The van der Waals surface area contributed by atoms with Crippen LogP contribution in [0.5, 0.6) is 0 Å². The summed E-state index contributed by atoms with van der Waals surface area (Å²) < 4.78 is 0. The van der Waals surface area contributed by atoms with Crippen molar-refractivity contribution < 1.29 is 0 Å². The molecule has 2 heteroatoms. The van der Waals surface area contributed by atoms with Crippen LogP contribution in [0.4, 0.5) is 5.69 Å². The third-order valence-corrected chi connectivity index (χ3v) is 5.00. The van der Waals surface area contributed by atoms with Crippen LogP contribution in [0.15, 0.2) is 24.3 Å². The van der Waals surface area contributed by atoms with Crippen molar-refractivity contribution in [3.63, 3.8) is 0 Å². The molecule has 3 rings (SSSR count). The molecule has 20 heavy (non-hydrogen) atoms. The number of anilines is 1. The van der Waals surface area contributed by atoms with E-state index in [0.29, 0.717) is 6.04 Å². The number of hydrogen-bond donors (Lipinski definition) is 1. The largest absolute Gasteiger partial charge is 0.368 e. The molecule has 2 unspecified atom stereocenters. The Bertz CT molecular complexity index is 441. The summed E-state index contributed by atoms with van der Waals surface area (Å²) in [6.07, 6.45) is 7.10. The fraction of sp³-hybridized carbons (Fsp3) is 0.667. The van der Waals surface area contributed by atoms with Crippen molar-refractivity contribution >= 4 is 5.69 Å². The van der Waals surface area contributed by atoms with Crippen LogP contribution in [0, 0.1) is 5.92 Å². The van der Waals surface area contributed by atoms with Gasteiger partial charge in [0, 0.05) is 30.9 Å². The first-order valence-corrected chi connectivity index (χ1v) is 8.33. The molecule has 110 valence electrons. The van der Waals surface area contributed by atoms with E-state index in [9.17, 15) is 0 Å². The van der Waals surface area contributed by atoms with Crippen LogP contribution >= 0.6 is 0 Å². The Morgan fingerprint density at radius 3 is 2.80 bits per heavy atom. The number of piperidine rings is 1. The van der Waals surface area contributed by atoms with E-state index in [1.54, 1.807) is 0 Å². The molecular formula is C18H28N2. The van der Waals surface area contributed by atoms with Crippen LogP contribution < -0.4 is 10.2 Å². The van der Waals surface area contributed by atoms with Gasteiger partial charge in [0.15, 0.2) is 0 Å². The second-order valence-corrected chi connectivity index (χ2v) is 6.76. The molecule has 2 aliphatic rings. The monoisotopic (exact) mass is 272 g/mol. The topological polar surface area (TPSA) is 15.3 Å². The summed E-state index contributed by atoms with van der Waals surface area (Å²) in [5.74, 6) is 0.954. The number of nitrogens with zero attached hydrogens (tertiary/aromatic N) is 1. The standard InChI is InChI=1S/C18H28N2/c1-14(2)19-13-16-7-3-4-10-18(16)20-12-6-9-15-8-5-11-17(15)20/h3-4,7,10,14-15,17,19H,5-6,8-9,11-13H2,1-2H3. The summed E-state index contributed by atoms with van der Waals surface area (Å²) >= 11 is 0. The summed E-state index contributed by atoms with van der Waals surface area (Å²) in [5, 5.41) is 3.57. The maximum atomic E-state index is 3.57. The van der Waals surface area contributed by atoms with E-state index in [-0.39, 0.29) is 0 Å². The van der Waals surface area contributed by atoms with E-state index < -0.39 is 0 Å². The maximum absolute atomic E-state index is 3.57. The van der Waals surface area contributed by atoms with Gasteiger partial charge in [-0.05, 0) is 43.2 Å². The molecule has 1 aromatic carbocycles. The van der Waals surface area contributed by atoms with Gasteiger partial charge < -0.3 is 10.2 Å². The van der Waals surface area contributed by atoms with Crippen molar-refractivity contribution in [1.82, 2.24) is 5.32 Å². The van der Waals surface area contributed by atoms with Crippen LogP contribution in [-0.2, 0) is 6.54 Å². The van der Waals surface area contributed by atoms with Gasteiger partial charge in [-0.3, -0.25) is 0 Å². The zero-order chi connectivity index (χ0) is 13.9. The number of hydrogen-bond acceptors (Lipinski definition) is 2. The molecule has 0 radical (unpaired) electrons. The number of fused-ring (bicyclic) bond motifs is 1. The number of rotatable bonds is 4. The Morgan fingerprint density at radius 1 is 1.15 bits per heavy atom. The lowest BCUT2D eigenvalue weighted by molar-refractivity contribution is 0.361. The molecule has 1 aromatic rings. The van der Waals surface area contributed by atoms with Crippen molar-refractivity contribution in [3.8, 4) is 0 Å². The summed E-state index contributed by atoms with van der Waals surface area (Å²) in [4.78, 5) is 2.72. The van der Waals surface area contributed by atoms with E-state index in [1.165, 1.54) is 49.9 Å². The van der Waals surface area contributed by atoms with E-state index in [1.807, 2.05) is 0 Å². The third-order valence-electron chi connectivity index (χ3n) is 5.00. The minimum absolute atomic E-state index is 0.545. The Labute approximate surface area is 123 Å². The molecule has 1 aliphatic heterocycles. The molecule has 2 nitrogen and oxygen atoms in total. The first-order valence-electron chi connectivity index (χ1n) is 8.33. The highest BCUT2D eigenvalue weighted by Crippen LogP contribution is 2.39. The van der Waals surface area contributed by atoms with Gasteiger partial charge in [0.1, 0.15) is 0 Å². The molecular weight excluding hydrogens is 244 g/mol. The number of nitrogens with one attached hydrogen (secondary N) is 1. The molecule has 0 amide bonds. The molecule has 1 saturated carbocycles. The summed E-state index contributed by atoms with van der Waals surface area (Å²) in [6, 6.07) is 10.4. The summed E-state index contributed by atoms with van der Waals surface area (Å²) in [5.41, 5.74) is 2.95. The van der Waals surface area contributed by atoms with E-state index in [4.69, 9.17) is 0 Å². The molecule has 2 fully saturated rings. The van der Waals surface area contributed by atoms with Gasteiger partial charge >= 0.3 is 0 Å². The molecule has 0 aromatic heterocycles. The highest BCUT2D eigenvalue weighted by molar-refractivity contribution is 5.55. The first-order chi connectivity index (χ1) is 9.75. The van der Waals surface area contributed by atoms with Crippen LogP contribution in [0.3, 0.4) is 0 Å². The number of para-hydroxylation sites is 1. The maximum Gasteiger partial charge on any atom is 0.0414 e. The Hall–Kier alpha value is -1.02. The Kier molecular flexibility index (Phi) is 4.30. The first kappa shape index (κ1) is 13.9. The molecule has 0 spiro atoms. The fourth-order valence-corrected chi connectivity index (χ4v) is 4.01. The van der Waals surface area contributed by atoms with E-state index in [0.717, 1.165) is 18.5 Å². The summed E-state index contributed by atoms with van der Waals surface area (Å²) in [6.45, 7) is 6.68. The minimum atomic E-state index is 0.545. The Morgan fingerprint density at radius 2 is 1.95 bits per heavy atom. The quantitative estimate of drug-likeness (QED) is 0.892. The van der Waals surface area contributed by atoms with Gasteiger partial charge in [-0.15, -0.1) is 0 Å². The van der Waals surface area contributed by atoms with Crippen LogP contribution in [-0.4, -0.2) is 18.6 Å². The molecule has 2 atom stereocenters. The highest BCUT2D eigenvalue weighted by Gasteiger charge is 2.35. The fourth-order valence-electron chi connectivity index (χ4n) is 4.01. The van der Waals surface area contributed by atoms with Gasteiger partial charge in [0.25, 0.3) is 0 Å². The second kappa shape index (κ2) is 6.17. The van der Waals surface area contributed by atoms with E-state index in [2.05, 4.69) is 48.3 Å². The van der Waals surface area contributed by atoms with Crippen molar-refractivity contribution in [1.29, 1.82) is 0 Å².